The van der Waals surface area contributed by atoms with Crippen LogP contribution in [0.1, 0.15) is 10.4 Å². The second-order valence-corrected chi connectivity index (χ2v) is 8.39. The number of benzene rings is 1. The normalized spacial score (nSPS) is 12.0. The highest BCUT2D eigenvalue weighted by Crippen LogP contribution is 2.31. The van der Waals surface area contributed by atoms with Gasteiger partial charge in [-0.3, -0.25) is 14.9 Å². The molecule has 0 aliphatic heterocycles. The van der Waals surface area contributed by atoms with Crippen LogP contribution in [0, 0.1) is 10.1 Å². The molecule has 0 radical (unpaired) electrons. The first kappa shape index (κ1) is 19.0. The third-order valence-corrected chi connectivity index (χ3v) is 6.01. The van der Waals surface area contributed by atoms with Gasteiger partial charge in [0.15, 0.2) is 4.80 Å². The Bertz CT molecular complexity index is 1070. The third kappa shape index (κ3) is 3.81. The van der Waals surface area contributed by atoms with Crippen molar-refractivity contribution in [1.29, 1.82) is 0 Å². The van der Waals surface area contributed by atoms with Gasteiger partial charge in [0.25, 0.3) is 11.6 Å². The number of nitro groups is 1. The molecule has 7 nitrogen and oxygen atoms in total. The van der Waals surface area contributed by atoms with E-state index in [4.69, 9.17) is 27.9 Å². The van der Waals surface area contributed by atoms with Crippen LogP contribution in [0.5, 0.6) is 0 Å². The first-order chi connectivity index (χ1) is 12.4. The lowest BCUT2D eigenvalue weighted by Crippen LogP contribution is -2.19. The van der Waals surface area contributed by atoms with E-state index >= 15 is 0 Å². The predicted molar refractivity (Wildman–Crippen MR) is 103 cm³/mol. The Morgan fingerprint density at radius 2 is 2.12 bits per heavy atom. The number of carbonyl (C=O) groups excluding carboxylic acids is 1. The van der Waals surface area contributed by atoms with Crippen molar-refractivity contribution in [3.63, 3.8) is 0 Å². The topological polar surface area (TPSA) is 86.7 Å². The molecule has 0 spiro atoms. The van der Waals surface area contributed by atoms with Crippen LogP contribution in [0.25, 0.3) is 10.2 Å². The van der Waals surface area contributed by atoms with Gasteiger partial charge in [0, 0.05) is 25.8 Å². The number of nitrogens with zero attached hydrogens (tertiary/aromatic N) is 3. The molecule has 11 heteroatoms. The quantitative estimate of drug-likeness (QED) is 0.443. The molecule has 2 aromatic heterocycles. The molecule has 2 heterocycles. The van der Waals surface area contributed by atoms with Crippen LogP contribution in [0.3, 0.4) is 0 Å². The Morgan fingerprint density at radius 1 is 1.35 bits per heavy atom. The Balaban J connectivity index is 2.14. The summed E-state index contributed by atoms with van der Waals surface area (Å²) in [5.41, 5.74) is 0.935. The van der Waals surface area contributed by atoms with Crippen molar-refractivity contribution in [2.24, 2.45) is 4.99 Å². The molecule has 1 aromatic carbocycles. The van der Waals surface area contributed by atoms with Crippen LogP contribution < -0.4 is 4.80 Å². The van der Waals surface area contributed by atoms with E-state index in [1.807, 2.05) is 0 Å². The number of hydrogen-bond acceptors (Lipinski definition) is 6. The molecular weight excluding hydrogens is 421 g/mol. The summed E-state index contributed by atoms with van der Waals surface area (Å²) in [4.78, 5) is 27.6. The molecule has 26 heavy (non-hydrogen) atoms. The maximum Gasteiger partial charge on any atom is 0.282 e. The Kier molecular flexibility index (Phi) is 5.73. The number of thiophene rings is 1. The van der Waals surface area contributed by atoms with Crippen LogP contribution in [-0.4, -0.2) is 29.1 Å². The van der Waals surface area contributed by atoms with E-state index in [0.717, 1.165) is 16.9 Å². The van der Waals surface area contributed by atoms with Crippen molar-refractivity contribution in [1.82, 2.24) is 4.57 Å². The first-order valence-corrected chi connectivity index (χ1v) is 9.60. The molecule has 0 atom stereocenters. The van der Waals surface area contributed by atoms with Gasteiger partial charge < -0.3 is 9.30 Å². The number of hydrogen-bond donors (Lipinski definition) is 0. The van der Waals surface area contributed by atoms with Crippen LogP contribution >= 0.6 is 45.9 Å². The van der Waals surface area contributed by atoms with Gasteiger partial charge in [0.05, 0.1) is 31.6 Å². The van der Waals surface area contributed by atoms with Crippen molar-refractivity contribution in [2.75, 3.05) is 13.7 Å². The number of amides is 1. The summed E-state index contributed by atoms with van der Waals surface area (Å²) < 4.78 is 8.20. The number of nitro benzene ring substituents is 1. The SMILES string of the molecule is COCCn1c(=NC(=O)c2cc(Cl)sc2Cl)sc2cc([N+](=O)[O-])ccc21. The monoisotopic (exact) mass is 431 g/mol. The highest BCUT2D eigenvalue weighted by atomic mass is 35.5. The van der Waals surface area contributed by atoms with Crippen LogP contribution in [0.15, 0.2) is 29.3 Å². The number of rotatable bonds is 5. The average molecular weight is 432 g/mol. The minimum absolute atomic E-state index is 0.0248. The maximum atomic E-state index is 12.5. The van der Waals surface area contributed by atoms with E-state index in [1.54, 1.807) is 17.7 Å². The largest absolute Gasteiger partial charge is 0.383 e. The van der Waals surface area contributed by atoms with Crippen molar-refractivity contribution < 1.29 is 14.5 Å². The summed E-state index contributed by atoms with van der Waals surface area (Å²) in [7, 11) is 1.56. The fraction of sp³-hybridized carbons (Fsp3) is 0.200. The van der Waals surface area contributed by atoms with Crippen LogP contribution in [0.4, 0.5) is 5.69 Å². The minimum Gasteiger partial charge on any atom is -0.383 e. The molecule has 0 fully saturated rings. The predicted octanol–water partition coefficient (Wildman–Crippen LogP) is 4.37. The highest BCUT2D eigenvalue weighted by molar-refractivity contribution is 7.20. The van der Waals surface area contributed by atoms with Crippen molar-refractivity contribution in [3.05, 3.63) is 53.4 Å². The number of carbonyl (C=O) groups is 1. The number of thiazole rings is 1. The first-order valence-electron chi connectivity index (χ1n) is 7.21. The number of aromatic nitrogens is 1. The van der Waals surface area contributed by atoms with Crippen LogP contribution in [0.2, 0.25) is 8.67 Å². The summed E-state index contributed by atoms with van der Waals surface area (Å²) in [6.07, 6.45) is 0. The Labute approximate surface area is 165 Å². The standard InChI is InChI=1S/C15H11Cl2N3O4S2/c1-24-5-4-19-10-3-2-8(20(22)23)6-11(10)25-15(19)18-14(21)9-7-12(16)26-13(9)17/h2-3,6-7H,4-5H2,1H3. The molecule has 0 bridgehead atoms. The number of fused-ring (bicyclic) bond motifs is 1. The third-order valence-electron chi connectivity index (χ3n) is 3.48. The second-order valence-electron chi connectivity index (χ2n) is 5.09. The van der Waals surface area contributed by atoms with Gasteiger partial charge in [-0.2, -0.15) is 4.99 Å². The van der Waals surface area contributed by atoms with Gasteiger partial charge in [-0.1, -0.05) is 34.5 Å². The Hall–Kier alpha value is -1.78. The van der Waals surface area contributed by atoms with Gasteiger partial charge >= 0.3 is 0 Å². The fourth-order valence-electron chi connectivity index (χ4n) is 2.29. The molecule has 0 aliphatic carbocycles. The van der Waals surface area contributed by atoms with E-state index in [1.165, 1.54) is 29.5 Å². The number of ether oxygens (including phenoxy) is 1. The highest BCUT2D eigenvalue weighted by Gasteiger charge is 2.16. The summed E-state index contributed by atoms with van der Waals surface area (Å²) >= 11 is 14.2. The smallest absolute Gasteiger partial charge is 0.282 e. The lowest BCUT2D eigenvalue weighted by atomic mass is 10.3. The van der Waals surface area contributed by atoms with Crippen molar-refractivity contribution in [3.8, 4) is 0 Å². The minimum atomic E-state index is -0.523. The second kappa shape index (κ2) is 7.85. The maximum absolute atomic E-state index is 12.5. The number of halogens is 2. The molecule has 0 aliphatic rings. The summed E-state index contributed by atoms with van der Waals surface area (Å²) in [5.74, 6) is -0.523. The molecule has 0 N–H and O–H groups in total. The van der Waals surface area contributed by atoms with E-state index in [0.29, 0.717) is 27.0 Å². The summed E-state index contributed by atoms with van der Waals surface area (Å²) in [6, 6.07) is 5.98. The van der Waals surface area contributed by atoms with Gasteiger partial charge in [-0.15, -0.1) is 11.3 Å². The number of non-ortho nitro benzene ring substituents is 1. The van der Waals surface area contributed by atoms with Gasteiger partial charge in [-0.05, 0) is 12.1 Å². The lowest BCUT2D eigenvalue weighted by molar-refractivity contribution is -0.384. The molecule has 1 amide bonds. The van der Waals surface area contributed by atoms with E-state index < -0.39 is 10.8 Å². The lowest BCUT2D eigenvalue weighted by Gasteiger charge is -2.04. The van der Waals surface area contributed by atoms with E-state index in [9.17, 15) is 14.9 Å². The zero-order valence-corrected chi connectivity index (χ0v) is 16.4. The van der Waals surface area contributed by atoms with Gasteiger partial charge in [-0.25, -0.2) is 0 Å². The van der Waals surface area contributed by atoms with E-state index in [2.05, 4.69) is 4.99 Å². The molecule has 3 rings (SSSR count). The van der Waals surface area contributed by atoms with E-state index in [-0.39, 0.29) is 15.6 Å². The van der Waals surface area contributed by atoms with Gasteiger partial charge in [0.1, 0.15) is 4.34 Å². The zero-order chi connectivity index (χ0) is 18.8. The van der Waals surface area contributed by atoms with Crippen molar-refractivity contribution in [2.45, 2.75) is 6.54 Å². The Morgan fingerprint density at radius 3 is 2.73 bits per heavy atom. The molecule has 0 unspecified atom stereocenters. The molecule has 0 saturated heterocycles. The molecular formula is C15H11Cl2N3O4S2. The van der Waals surface area contributed by atoms with Gasteiger partial charge in [0.2, 0.25) is 0 Å². The molecule has 0 saturated carbocycles. The number of methoxy groups -OCH3 is 1. The summed E-state index contributed by atoms with van der Waals surface area (Å²) in [5, 5.41) is 11.0. The van der Waals surface area contributed by atoms with Crippen molar-refractivity contribution >= 4 is 67.7 Å². The fourth-order valence-corrected chi connectivity index (χ4v) is 4.83. The average Bonchev–Trinajstić information content (AvgIpc) is 3.11. The molecule has 3 aromatic rings. The van der Waals surface area contributed by atoms with Crippen LogP contribution in [-0.2, 0) is 11.3 Å². The zero-order valence-electron chi connectivity index (χ0n) is 13.3. The molecule has 136 valence electrons. The summed E-state index contributed by atoms with van der Waals surface area (Å²) in [6.45, 7) is 0.841.